The Labute approximate surface area is 94.2 Å². The molecule has 1 N–H and O–H groups in total. The van der Waals surface area contributed by atoms with Gasteiger partial charge in [0.15, 0.2) is 11.5 Å². The summed E-state index contributed by atoms with van der Waals surface area (Å²) in [5.74, 6) is 0.689. The Kier molecular flexibility index (Phi) is 3.14. The van der Waals surface area contributed by atoms with Gasteiger partial charge in [-0.1, -0.05) is 6.92 Å². The standard InChI is InChI=1S/C11H15N3O2/c1-7(8-5-12-6-8)10(15)9-11(16-2)14-4-3-13-9/h3-4,7-8,12H,5-6H2,1-2H3. The van der Waals surface area contributed by atoms with Crippen molar-refractivity contribution in [2.75, 3.05) is 20.2 Å². The fraction of sp³-hybridized carbons (Fsp3) is 0.545. The number of Topliss-reactive ketones (excluding diaryl/α,β-unsaturated/α-hetero) is 1. The Morgan fingerprint density at radius 3 is 2.75 bits per heavy atom. The Balaban J connectivity index is 2.19. The van der Waals surface area contributed by atoms with Gasteiger partial charge in [-0.05, 0) is 19.0 Å². The van der Waals surface area contributed by atoms with Gasteiger partial charge in [-0.2, -0.15) is 0 Å². The molecular weight excluding hydrogens is 206 g/mol. The van der Waals surface area contributed by atoms with Crippen molar-refractivity contribution in [1.29, 1.82) is 0 Å². The van der Waals surface area contributed by atoms with Crippen LogP contribution in [0.2, 0.25) is 0 Å². The van der Waals surface area contributed by atoms with Gasteiger partial charge in [-0.15, -0.1) is 0 Å². The van der Waals surface area contributed by atoms with Crippen LogP contribution in [0.15, 0.2) is 12.4 Å². The summed E-state index contributed by atoms with van der Waals surface area (Å²) >= 11 is 0. The van der Waals surface area contributed by atoms with Gasteiger partial charge in [-0.25, -0.2) is 9.97 Å². The van der Waals surface area contributed by atoms with Crippen molar-refractivity contribution in [2.24, 2.45) is 11.8 Å². The minimum Gasteiger partial charge on any atom is -0.479 e. The zero-order valence-corrected chi connectivity index (χ0v) is 9.43. The minimum atomic E-state index is -0.0353. The number of carbonyl (C=O) groups is 1. The summed E-state index contributed by atoms with van der Waals surface area (Å²) in [7, 11) is 1.50. The first kappa shape index (κ1) is 11.0. The van der Waals surface area contributed by atoms with Gasteiger partial charge in [-0.3, -0.25) is 4.79 Å². The fourth-order valence-corrected chi connectivity index (χ4v) is 1.74. The van der Waals surface area contributed by atoms with Crippen molar-refractivity contribution in [2.45, 2.75) is 6.92 Å². The van der Waals surface area contributed by atoms with Gasteiger partial charge >= 0.3 is 0 Å². The van der Waals surface area contributed by atoms with Crippen LogP contribution in [0.5, 0.6) is 5.88 Å². The quantitative estimate of drug-likeness (QED) is 0.751. The second-order valence-electron chi connectivity index (χ2n) is 3.99. The van der Waals surface area contributed by atoms with Crippen LogP contribution in [-0.2, 0) is 0 Å². The lowest BCUT2D eigenvalue weighted by Crippen LogP contribution is -2.47. The summed E-state index contributed by atoms with van der Waals surface area (Å²) < 4.78 is 5.04. The molecule has 86 valence electrons. The van der Waals surface area contributed by atoms with Crippen molar-refractivity contribution in [3.05, 3.63) is 18.1 Å². The molecule has 2 rings (SSSR count). The van der Waals surface area contributed by atoms with Crippen LogP contribution >= 0.6 is 0 Å². The smallest absolute Gasteiger partial charge is 0.243 e. The van der Waals surface area contributed by atoms with E-state index in [1.165, 1.54) is 19.5 Å². The number of carbonyl (C=O) groups excluding carboxylic acids is 1. The summed E-state index contributed by atoms with van der Waals surface area (Å²) in [6.45, 7) is 3.73. The first-order valence-corrected chi connectivity index (χ1v) is 5.34. The van der Waals surface area contributed by atoms with Crippen molar-refractivity contribution < 1.29 is 9.53 Å². The highest BCUT2D eigenvalue weighted by molar-refractivity contribution is 5.98. The molecule has 5 heteroatoms. The van der Waals surface area contributed by atoms with Crippen LogP contribution < -0.4 is 10.1 Å². The largest absolute Gasteiger partial charge is 0.479 e. The summed E-state index contributed by atoms with van der Waals surface area (Å²) in [6, 6.07) is 0. The zero-order valence-electron chi connectivity index (χ0n) is 9.43. The van der Waals surface area contributed by atoms with Crippen LogP contribution in [0.3, 0.4) is 0 Å². The fourth-order valence-electron chi connectivity index (χ4n) is 1.74. The number of nitrogens with one attached hydrogen (secondary N) is 1. The molecule has 0 saturated carbocycles. The second-order valence-corrected chi connectivity index (χ2v) is 3.99. The molecule has 1 aromatic heterocycles. The number of rotatable bonds is 4. The summed E-state index contributed by atoms with van der Waals surface area (Å²) in [6.07, 6.45) is 3.03. The number of methoxy groups -OCH3 is 1. The van der Waals surface area contributed by atoms with Gasteiger partial charge in [0, 0.05) is 18.3 Å². The van der Waals surface area contributed by atoms with E-state index in [0.717, 1.165) is 13.1 Å². The van der Waals surface area contributed by atoms with E-state index in [4.69, 9.17) is 4.74 Å². The van der Waals surface area contributed by atoms with E-state index < -0.39 is 0 Å². The molecule has 2 heterocycles. The van der Waals surface area contributed by atoms with Gasteiger partial charge in [0.05, 0.1) is 7.11 Å². The summed E-state index contributed by atoms with van der Waals surface area (Å²) in [4.78, 5) is 20.2. The maximum Gasteiger partial charge on any atom is 0.243 e. The van der Waals surface area contributed by atoms with Crippen LogP contribution in [0.25, 0.3) is 0 Å². The molecule has 1 aliphatic heterocycles. The number of ether oxygens (including phenoxy) is 1. The minimum absolute atomic E-state index is 0.0106. The van der Waals surface area contributed by atoms with Gasteiger partial charge in [0.2, 0.25) is 5.88 Å². The van der Waals surface area contributed by atoms with Crippen molar-refractivity contribution in [3.8, 4) is 5.88 Å². The normalized spacial score (nSPS) is 17.6. The average Bonchev–Trinajstić information content (AvgIpc) is 2.25. The molecule has 1 unspecified atom stereocenters. The molecule has 0 aromatic carbocycles. The maximum atomic E-state index is 12.1. The third kappa shape index (κ3) is 1.90. The van der Waals surface area contributed by atoms with Gasteiger partial charge in [0.25, 0.3) is 0 Å². The molecule has 1 atom stereocenters. The first-order valence-electron chi connectivity index (χ1n) is 5.34. The van der Waals surface area contributed by atoms with E-state index in [-0.39, 0.29) is 11.7 Å². The molecule has 0 spiro atoms. The van der Waals surface area contributed by atoms with E-state index in [1.807, 2.05) is 6.92 Å². The second kappa shape index (κ2) is 4.57. The molecule has 0 bridgehead atoms. The molecule has 0 amide bonds. The molecule has 0 aliphatic carbocycles. The topological polar surface area (TPSA) is 64.1 Å². The van der Waals surface area contributed by atoms with E-state index >= 15 is 0 Å². The van der Waals surface area contributed by atoms with Crippen molar-refractivity contribution in [1.82, 2.24) is 15.3 Å². The summed E-state index contributed by atoms with van der Waals surface area (Å²) in [5.41, 5.74) is 0.337. The predicted molar refractivity (Wildman–Crippen MR) is 58.4 cm³/mol. The van der Waals surface area contributed by atoms with Gasteiger partial charge in [0.1, 0.15) is 0 Å². The van der Waals surface area contributed by atoms with Crippen LogP contribution in [0.1, 0.15) is 17.4 Å². The van der Waals surface area contributed by atoms with E-state index in [1.54, 1.807) is 0 Å². The number of nitrogens with zero attached hydrogens (tertiary/aromatic N) is 2. The number of hydrogen-bond donors (Lipinski definition) is 1. The third-order valence-electron chi connectivity index (χ3n) is 3.03. The molecule has 16 heavy (non-hydrogen) atoms. The highest BCUT2D eigenvalue weighted by Gasteiger charge is 2.31. The third-order valence-corrected chi connectivity index (χ3v) is 3.03. The van der Waals surface area contributed by atoms with E-state index in [2.05, 4.69) is 15.3 Å². The zero-order chi connectivity index (χ0) is 11.5. The Bertz CT molecular complexity index is 391. The van der Waals surface area contributed by atoms with Crippen LogP contribution in [-0.4, -0.2) is 36.0 Å². The lowest BCUT2D eigenvalue weighted by atomic mass is 9.85. The Hall–Kier alpha value is -1.49. The molecule has 1 aromatic rings. The van der Waals surface area contributed by atoms with Crippen LogP contribution in [0.4, 0.5) is 0 Å². The van der Waals surface area contributed by atoms with E-state index in [9.17, 15) is 4.79 Å². The Morgan fingerprint density at radius 2 is 2.19 bits per heavy atom. The highest BCUT2D eigenvalue weighted by Crippen LogP contribution is 2.23. The van der Waals surface area contributed by atoms with E-state index in [0.29, 0.717) is 17.5 Å². The molecule has 5 nitrogen and oxygen atoms in total. The number of hydrogen-bond acceptors (Lipinski definition) is 5. The molecule has 1 fully saturated rings. The monoisotopic (exact) mass is 221 g/mol. The average molecular weight is 221 g/mol. The molecule has 1 aliphatic rings. The number of ketones is 1. The first-order chi connectivity index (χ1) is 7.74. The van der Waals surface area contributed by atoms with Crippen molar-refractivity contribution >= 4 is 5.78 Å². The van der Waals surface area contributed by atoms with Crippen molar-refractivity contribution in [3.63, 3.8) is 0 Å². The van der Waals surface area contributed by atoms with Crippen LogP contribution in [0, 0.1) is 11.8 Å². The SMILES string of the molecule is COc1nccnc1C(=O)C(C)C1CNC1. The number of aromatic nitrogens is 2. The summed E-state index contributed by atoms with van der Waals surface area (Å²) in [5, 5.41) is 3.16. The maximum absolute atomic E-state index is 12.1. The molecule has 1 saturated heterocycles. The lowest BCUT2D eigenvalue weighted by Gasteiger charge is -2.31. The Morgan fingerprint density at radius 1 is 1.50 bits per heavy atom. The molecular formula is C11H15N3O2. The van der Waals surface area contributed by atoms with Gasteiger partial charge < -0.3 is 10.1 Å². The predicted octanol–water partition coefficient (Wildman–Crippen LogP) is 0.523. The highest BCUT2D eigenvalue weighted by atomic mass is 16.5. The molecule has 0 radical (unpaired) electrons. The lowest BCUT2D eigenvalue weighted by molar-refractivity contribution is 0.0844.